The van der Waals surface area contributed by atoms with Crippen LogP contribution in [0.4, 0.5) is 4.79 Å². The van der Waals surface area contributed by atoms with E-state index >= 15 is 0 Å². The third kappa shape index (κ3) is 3.18. The number of aromatic amines is 1. The maximum Gasteiger partial charge on any atom is 0.407 e. The van der Waals surface area contributed by atoms with Gasteiger partial charge in [-0.15, -0.1) is 0 Å². The molecule has 1 saturated heterocycles. The molecule has 0 radical (unpaired) electrons. The first-order valence-corrected chi connectivity index (χ1v) is 8.10. The zero-order valence-electron chi connectivity index (χ0n) is 13.9. The SMILES string of the molecule is COC(=O)NCC(=O)N1CC2(CC2)C[C@H]1c1ncc(C(C)C)[nH]1. The number of H-pyrrole nitrogens is 1. The molecule has 2 N–H and O–H groups in total. The van der Waals surface area contributed by atoms with Gasteiger partial charge < -0.3 is 19.9 Å². The smallest absolute Gasteiger partial charge is 0.407 e. The van der Waals surface area contributed by atoms with E-state index < -0.39 is 6.09 Å². The lowest BCUT2D eigenvalue weighted by Crippen LogP contribution is -2.40. The Morgan fingerprint density at radius 1 is 1.52 bits per heavy atom. The fourth-order valence-corrected chi connectivity index (χ4v) is 3.24. The van der Waals surface area contributed by atoms with Crippen LogP contribution in [0.2, 0.25) is 0 Å². The highest BCUT2D eigenvalue weighted by Crippen LogP contribution is 2.58. The molecule has 1 aliphatic carbocycles. The molecule has 0 aromatic carbocycles. The molecule has 1 aromatic rings. The number of ether oxygens (including phenoxy) is 1. The van der Waals surface area contributed by atoms with Gasteiger partial charge >= 0.3 is 6.09 Å². The molecule has 7 nitrogen and oxygen atoms in total. The van der Waals surface area contributed by atoms with Crippen LogP contribution in [0.3, 0.4) is 0 Å². The molecule has 1 spiro atoms. The Morgan fingerprint density at radius 3 is 2.83 bits per heavy atom. The van der Waals surface area contributed by atoms with Gasteiger partial charge in [0.1, 0.15) is 12.4 Å². The number of hydrogen-bond donors (Lipinski definition) is 2. The second-order valence-electron chi connectivity index (χ2n) is 6.97. The van der Waals surface area contributed by atoms with Crippen LogP contribution in [0.25, 0.3) is 0 Å². The number of imidazole rings is 1. The first kappa shape index (κ1) is 15.8. The fourth-order valence-electron chi connectivity index (χ4n) is 3.24. The summed E-state index contributed by atoms with van der Waals surface area (Å²) < 4.78 is 4.52. The van der Waals surface area contributed by atoms with Crippen molar-refractivity contribution >= 4 is 12.0 Å². The molecule has 2 heterocycles. The van der Waals surface area contributed by atoms with Gasteiger partial charge in [-0.1, -0.05) is 13.8 Å². The van der Waals surface area contributed by atoms with Crippen molar-refractivity contribution in [3.63, 3.8) is 0 Å². The van der Waals surface area contributed by atoms with Gasteiger partial charge in [-0.3, -0.25) is 4.79 Å². The van der Waals surface area contributed by atoms with Crippen molar-refractivity contribution in [2.24, 2.45) is 5.41 Å². The molecule has 1 aromatic heterocycles. The van der Waals surface area contributed by atoms with E-state index in [-0.39, 0.29) is 23.9 Å². The van der Waals surface area contributed by atoms with E-state index in [1.54, 1.807) is 0 Å². The van der Waals surface area contributed by atoms with Crippen LogP contribution >= 0.6 is 0 Å². The second-order valence-corrected chi connectivity index (χ2v) is 6.97. The summed E-state index contributed by atoms with van der Waals surface area (Å²) in [6.07, 6.45) is 4.54. The van der Waals surface area contributed by atoms with Crippen molar-refractivity contribution in [3.05, 3.63) is 17.7 Å². The van der Waals surface area contributed by atoms with E-state index in [4.69, 9.17) is 0 Å². The molecule has 1 saturated carbocycles. The third-order valence-electron chi connectivity index (χ3n) is 4.91. The topological polar surface area (TPSA) is 87.3 Å². The highest BCUT2D eigenvalue weighted by molar-refractivity contribution is 5.82. The van der Waals surface area contributed by atoms with E-state index in [0.717, 1.165) is 37.3 Å². The highest BCUT2D eigenvalue weighted by atomic mass is 16.5. The van der Waals surface area contributed by atoms with Crippen LogP contribution in [0.15, 0.2) is 6.20 Å². The predicted octanol–water partition coefficient (Wildman–Crippen LogP) is 1.94. The van der Waals surface area contributed by atoms with Gasteiger partial charge in [0.15, 0.2) is 0 Å². The number of carbonyl (C=O) groups excluding carboxylic acids is 2. The molecule has 1 aliphatic heterocycles. The van der Waals surface area contributed by atoms with E-state index in [1.165, 1.54) is 7.11 Å². The van der Waals surface area contributed by atoms with Gasteiger partial charge in [0.25, 0.3) is 0 Å². The maximum atomic E-state index is 12.5. The average Bonchev–Trinajstić information content (AvgIpc) is 2.96. The third-order valence-corrected chi connectivity index (χ3v) is 4.91. The van der Waals surface area contributed by atoms with E-state index in [2.05, 4.69) is 33.9 Å². The van der Waals surface area contributed by atoms with Crippen molar-refractivity contribution in [1.82, 2.24) is 20.2 Å². The average molecular weight is 320 g/mol. The maximum absolute atomic E-state index is 12.5. The van der Waals surface area contributed by atoms with Gasteiger partial charge in [0.2, 0.25) is 5.91 Å². The van der Waals surface area contributed by atoms with Crippen LogP contribution in [0.1, 0.15) is 56.6 Å². The molecule has 1 atom stereocenters. The normalized spacial score (nSPS) is 21.7. The minimum atomic E-state index is -0.588. The lowest BCUT2D eigenvalue weighted by atomic mass is 10.0. The molecule has 3 rings (SSSR count). The molecule has 2 amide bonds. The number of likely N-dealkylation sites (tertiary alicyclic amines) is 1. The summed E-state index contributed by atoms with van der Waals surface area (Å²) in [5.74, 6) is 1.13. The molecule has 2 aliphatic rings. The zero-order chi connectivity index (χ0) is 16.6. The molecular weight excluding hydrogens is 296 g/mol. The number of alkyl carbamates (subject to hydrolysis) is 1. The Morgan fingerprint density at radius 2 is 2.26 bits per heavy atom. The van der Waals surface area contributed by atoms with E-state index in [0.29, 0.717) is 5.92 Å². The number of methoxy groups -OCH3 is 1. The van der Waals surface area contributed by atoms with Gasteiger partial charge in [-0.05, 0) is 30.6 Å². The van der Waals surface area contributed by atoms with Crippen molar-refractivity contribution in [1.29, 1.82) is 0 Å². The van der Waals surface area contributed by atoms with Crippen LogP contribution < -0.4 is 5.32 Å². The van der Waals surface area contributed by atoms with Crippen molar-refractivity contribution in [2.45, 2.75) is 45.1 Å². The predicted molar refractivity (Wildman–Crippen MR) is 83.8 cm³/mol. The van der Waals surface area contributed by atoms with Crippen molar-refractivity contribution < 1.29 is 14.3 Å². The minimum Gasteiger partial charge on any atom is -0.453 e. The summed E-state index contributed by atoms with van der Waals surface area (Å²) in [4.78, 5) is 33.4. The number of carbonyl (C=O) groups is 2. The molecule has 126 valence electrons. The quantitative estimate of drug-likeness (QED) is 0.887. The molecule has 7 heteroatoms. The Labute approximate surface area is 135 Å². The van der Waals surface area contributed by atoms with E-state index in [9.17, 15) is 9.59 Å². The van der Waals surface area contributed by atoms with Gasteiger partial charge in [-0.2, -0.15) is 0 Å². The van der Waals surface area contributed by atoms with Crippen LogP contribution in [0.5, 0.6) is 0 Å². The number of rotatable bonds is 4. The van der Waals surface area contributed by atoms with Crippen LogP contribution in [0, 0.1) is 5.41 Å². The number of aromatic nitrogens is 2. The van der Waals surface area contributed by atoms with Crippen molar-refractivity contribution in [2.75, 3.05) is 20.2 Å². The number of nitrogens with zero attached hydrogens (tertiary/aromatic N) is 2. The van der Waals surface area contributed by atoms with Gasteiger partial charge in [0, 0.05) is 18.4 Å². The fraction of sp³-hybridized carbons (Fsp3) is 0.688. The minimum absolute atomic E-state index is 0.0306. The summed E-state index contributed by atoms with van der Waals surface area (Å²) in [6, 6.07) is -0.0306. The molecule has 0 unspecified atom stereocenters. The molecular formula is C16H24N4O3. The summed E-state index contributed by atoms with van der Waals surface area (Å²) in [6.45, 7) is 4.92. The zero-order valence-corrected chi connectivity index (χ0v) is 13.9. The summed E-state index contributed by atoms with van der Waals surface area (Å²) in [5.41, 5.74) is 1.34. The first-order chi connectivity index (χ1) is 10.9. The molecule has 2 fully saturated rings. The Bertz CT molecular complexity index is 606. The largest absolute Gasteiger partial charge is 0.453 e. The number of nitrogens with one attached hydrogen (secondary N) is 2. The Kier molecular flexibility index (Phi) is 4.04. The van der Waals surface area contributed by atoms with Gasteiger partial charge in [0.05, 0.1) is 13.2 Å². The lowest BCUT2D eigenvalue weighted by molar-refractivity contribution is -0.131. The van der Waals surface area contributed by atoms with E-state index in [1.807, 2.05) is 11.1 Å². The highest BCUT2D eigenvalue weighted by Gasteiger charge is 2.54. The summed E-state index contributed by atoms with van der Waals surface area (Å²) in [5, 5.41) is 2.47. The van der Waals surface area contributed by atoms with Crippen LogP contribution in [-0.4, -0.2) is 47.1 Å². The number of hydrogen-bond acceptors (Lipinski definition) is 4. The first-order valence-electron chi connectivity index (χ1n) is 8.10. The molecule has 0 bridgehead atoms. The van der Waals surface area contributed by atoms with Crippen molar-refractivity contribution in [3.8, 4) is 0 Å². The second kappa shape index (κ2) is 5.86. The standard InChI is InChI=1S/C16H24N4O3/c1-10(2)11-7-17-14(19-11)12-6-16(4-5-16)9-20(12)13(21)8-18-15(22)23-3/h7,10,12H,4-6,8-9H2,1-3H3,(H,17,19)(H,18,22)/t12-/m0/s1. The lowest BCUT2D eigenvalue weighted by Gasteiger charge is -2.23. The van der Waals surface area contributed by atoms with Gasteiger partial charge in [-0.25, -0.2) is 9.78 Å². The summed E-state index contributed by atoms with van der Waals surface area (Å²) in [7, 11) is 1.29. The monoisotopic (exact) mass is 320 g/mol. The summed E-state index contributed by atoms with van der Waals surface area (Å²) >= 11 is 0. The number of amides is 2. The molecule has 23 heavy (non-hydrogen) atoms. The Hall–Kier alpha value is -2.05. The van der Waals surface area contributed by atoms with Crippen LogP contribution in [-0.2, 0) is 9.53 Å². The Balaban J connectivity index is 1.73.